The highest BCUT2D eigenvalue weighted by Gasteiger charge is 2.52. The normalized spacial score (nSPS) is 16.8. The van der Waals surface area contributed by atoms with E-state index >= 15 is 0 Å². The van der Waals surface area contributed by atoms with Crippen molar-refractivity contribution in [2.45, 2.75) is 24.3 Å². The van der Waals surface area contributed by atoms with Gasteiger partial charge in [-0.15, -0.1) is 0 Å². The molecule has 1 saturated heterocycles. The molecule has 39 heavy (non-hydrogen) atoms. The molecule has 0 unspecified atom stereocenters. The van der Waals surface area contributed by atoms with Gasteiger partial charge in [0.2, 0.25) is 5.91 Å². The molecule has 6 heteroatoms. The predicted octanol–water partition coefficient (Wildman–Crippen LogP) is 5.01. The van der Waals surface area contributed by atoms with Crippen LogP contribution in [0.4, 0.5) is 4.79 Å². The SMILES string of the molecule is O=C(CN1C(=O)N[C@](Cc2ccccc2)(c2ccccc2)C1=O)NCCC(c1ccccc1)c1ccccc1. The van der Waals surface area contributed by atoms with Crippen molar-refractivity contribution in [3.8, 4) is 0 Å². The van der Waals surface area contributed by atoms with Crippen LogP contribution in [0.1, 0.15) is 34.6 Å². The molecular weight excluding hydrogens is 486 g/mol. The fourth-order valence-electron chi connectivity index (χ4n) is 5.26. The fraction of sp³-hybridized carbons (Fsp3) is 0.182. The maximum Gasteiger partial charge on any atom is 0.325 e. The summed E-state index contributed by atoms with van der Waals surface area (Å²) >= 11 is 0. The van der Waals surface area contributed by atoms with E-state index in [0.717, 1.165) is 10.5 Å². The molecule has 1 aliphatic rings. The highest BCUT2D eigenvalue weighted by molar-refractivity contribution is 6.09. The second kappa shape index (κ2) is 11.8. The molecule has 1 aliphatic heterocycles. The van der Waals surface area contributed by atoms with Crippen LogP contribution in [0.5, 0.6) is 0 Å². The van der Waals surface area contributed by atoms with Gasteiger partial charge in [-0.1, -0.05) is 121 Å². The van der Waals surface area contributed by atoms with Crippen LogP contribution in [0.25, 0.3) is 0 Å². The van der Waals surface area contributed by atoms with Gasteiger partial charge >= 0.3 is 6.03 Å². The minimum Gasteiger partial charge on any atom is -0.355 e. The first kappa shape index (κ1) is 25.9. The molecule has 0 aromatic heterocycles. The fourth-order valence-corrected chi connectivity index (χ4v) is 5.26. The summed E-state index contributed by atoms with van der Waals surface area (Å²) in [5.74, 6) is -0.688. The molecule has 0 aliphatic carbocycles. The number of rotatable bonds is 10. The van der Waals surface area contributed by atoms with Crippen LogP contribution in [0.15, 0.2) is 121 Å². The molecule has 0 radical (unpaired) electrons. The molecule has 196 valence electrons. The predicted molar refractivity (Wildman–Crippen MR) is 151 cm³/mol. The Kier molecular flexibility index (Phi) is 7.83. The summed E-state index contributed by atoms with van der Waals surface area (Å²) in [6.45, 7) is 0.0696. The lowest BCUT2D eigenvalue weighted by atomic mass is 9.83. The van der Waals surface area contributed by atoms with Gasteiger partial charge in [-0.2, -0.15) is 0 Å². The third-order valence-corrected chi connectivity index (χ3v) is 7.22. The van der Waals surface area contributed by atoms with Crippen LogP contribution >= 0.6 is 0 Å². The van der Waals surface area contributed by atoms with E-state index in [9.17, 15) is 14.4 Å². The Bertz CT molecular complexity index is 1370. The van der Waals surface area contributed by atoms with Gasteiger partial charge in [0, 0.05) is 18.9 Å². The number of imide groups is 1. The maximum absolute atomic E-state index is 13.8. The summed E-state index contributed by atoms with van der Waals surface area (Å²) in [4.78, 5) is 40.8. The van der Waals surface area contributed by atoms with E-state index < -0.39 is 17.5 Å². The number of hydrogen-bond donors (Lipinski definition) is 2. The third kappa shape index (κ3) is 5.75. The summed E-state index contributed by atoms with van der Waals surface area (Å²) in [5.41, 5.74) is 2.66. The molecule has 1 heterocycles. The zero-order valence-corrected chi connectivity index (χ0v) is 21.6. The topological polar surface area (TPSA) is 78.5 Å². The largest absolute Gasteiger partial charge is 0.355 e. The van der Waals surface area contributed by atoms with E-state index in [1.165, 1.54) is 11.1 Å². The van der Waals surface area contributed by atoms with Crippen LogP contribution < -0.4 is 10.6 Å². The molecule has 2 N–H and O–H groups in total. The van der Waals surface area contributed by atoms with Crippen molar-refractivity contribution in [3.63, 3.8) is 0 Å². The highest BCUT2D eigenvalue weighted by Crippen LogP contribution is 2.33. The molecule has 1 fully saturated rings. The molecule has 4 amide bonds. The van der Waals surface area contributed by atoms with Crippen molar-refractivity contribution in [1.29, 1.82) is 0 Å². The van der Waals surface area contributed by atoms with E-state index in [1.807, 2.05) is 97.1 Å². The molecular formula is C33H31N3O3. The zero-order chi connectivity index (χ0) is 27.1. The molecule has 1 atom stereocenters. The summed E-state index contributed by atoms with van der Waals surface area (Å²) in [5, 5.41) is 5.84. The summed E-state index contributed by atoms with van der Waals surface area (Å²) in [6, 6.07) is 38.6. The Hall–Kier alpha value is -4.71. The Morgan fingerprint density at radius 2 is 1.26 bits per heavy atom. The molecule has 4 aromatic rings. The van der Waals surface area contributed by atoms with E-state index in [4.69, 9.17) is 0 Å². The number of carbonyl (C=O) groups is 3. The number of nitrogens with one attached hydrogen (secondary N) is 2. The van der Waals surface area contributed by atoms with Crippen LogP contribution in [-0.4, -0.2) is 35.8 Å². The Morgan fingerprint density at radius 3 is 1.82 bits per heavy atom. The summed E-state index contributed by atoms with van der Waals surface area (Å²) < 4.78 is 0. The Morgan fingerprint density at radius 1 is 0.744 bits per heavy atom. The van der Waals surface area contributed by atoms with Crippen molar-refractivity contribution in [2.75, 3.05) is 13.1 Å². The molecule has 4 aromatic carbocycles. The first-order chi connectivity index (χ1) is 19.1. The standard InChI is InChI=1S/C33H31N3O3/c37-30(34-22-21-29(26-15-7-2-8-16-26)27-17-9-3-10-18-27)24-36-31(38)33(35-32(36)39,28-19-11-4-12-20-28)23-25-13-5-1-6-14-25/h1-20,29H,21-24H2,(H,34,37)(H,35,39)/t33-/m1/s1. The molecule has 0 bridgehead atoms. The van der Waals surface area contributed by atoms with Crippen molar-refractivity contribution in [1.82, 2.24) is 15.5 Å². The molecule has 0 spiro atoms. The number of benzene rings is 4. The Labute approximate surface area is 228 Å². The van der Waals surface area contributed by atoms with E-state index in [2.05, 4.69) is 34.9 Å². The van der Waals surface area contributed by atoms with E-state index in [1.54, 1.807) is 0 Å². The van der Waals surface area contributed by atoms with Gasteiger partial charge in [0.15, 0.2) is 5.54 Å². The lowest BCUT2D eigenvalue weighted by molar-refractivity contribution is -0.135. The van der Waals surface area contributed by atoms with Gasteiger partial charge in [0.05, 0.1) is 0 Å². The average molecular weight is 518 g/mol. The van der Waals surface area contributed by atoms with Crippen LogP contribution in [0.3, 0.4) is 0 Å². The van der Waals surface area contributed by atoms with Crippen molar-refractivity contribution >= 4 is 17.8 Å². The third-order valence-electron chi connectivity index (χ3n) is 7.22. The van der Waals surface area contributed by atoms with Gasteiger partial charge in [-0.25, -0.2) is 4.79 Å². The van der Waals surface area contributed by atoms with Crippen LogP contribution in [0, 0.1) is 0 Å². The van der Waals surface area contributed by atoms with Gasteiger partial charge < -0.3 is 10.6 Å². The number of carbonyl (C=O) groups excluding carboxylic acids is 3. The van der Waals surface area contributed by atoms with Gasteiger partial charge in [-0.3, -0.25) is 14.5 Å². The second-order valence-corrected chi connectivity index (χ2v) is 9.77. The summed E-state index contributed by atoms with van der Waals surface area (Å²) in [7, 11) is 0. The molecule has 0 saturated carbocycles. The number of urea groups is 1. The van der Waals surface area contributed by atoms with Crippen molar-refractivity contribution in [2.24, 2.45) is 0 Å². The van der Waals surface area contributed by atoms with Gasteiger partial charge in [-0.05, 0) is 28.7 Å². The average Bonchev–Trinajstić information content (AvgIpc) is 3.22. The minimum absolute atomic E-state index is 0.112. The van der Waals surface area contributed by atoms with Gasteiger partial charge in [0.1, 0.15) is 6.54 Å². The van der Waals surface area contributed by atoms with Crippen LogP contribution in [0.2, 0.25) is 0 Å². The quantitative estimate of drug-likeness (QED) is 0.290. The minimum atomic E-state index is -1.27. The van der Waals surface area contributed by atoms with E-state index in [-0.39, 0.29) is 24.8 Å². The van der Waals surface area contributed by atoms with Crippen molar-refractivity contribution in [3.05, 3.63) is 144 Å². The smallest absolute Gasteiger partial charge is 0.325 e. The van der Waals surface area contributed by atoms with E-state index in [0.29, 0.717) is 18.5 Å². The lowest BCUT2D eigenvalue weighted by Gasteiger charge is -2.27. The maximum atomic E-state index is 13.8. The first-order valence-electron chi connectivity index (χ1n) is 13.2. The number of hydrogen-bond acceptors (Lipinski definition) is 3. The first-order valence-corrected chi connectivity index (χ1v) is 13.2. The lowest BCUT2D eigenvalue weighted by Crippen LogP contribution is -2.47. The Balaban J connectivity index is 1.28. The molecule has 5 rings (SSSR count). The zero-order valence-electron chi connectivity index (χ0n) is 21.6. The van der Waals surface area contributed by atoms with Gasteiger partial charge in [0.25, 0.3) is 5.91 Å². The summed E-state index contributed by atoms with van der Waals surface area (Å²) in [6.07, 6.45) is 0.970. The molecule has 6 nitrogen and oxygen atoms in total. The monoisotopic (exact) mass is 517 g/mol. The second-order valence-electron chi connectivity index (χ2n) is 9.77. The highest BCUT2D eigenvalue weighted by atomic mass is 16.2. The van der Waals surface area contributed by atoms with Crippen molar-refractivity contribution < 1.29 is 14.4 Å². The number of amides is 4. The number of nitrogens with zero attached hydrogens (tertiary/aromatic N) is 1. The van der Waals surface area contributed by atoms with Crippen LogP contribution in [-0.2, 0) is 21.5 Å².